The predicted octanol–water partition coefficient (Wildman–Crippen LogP) is 5.69. The summed E-state index contributed by atoms with van der Waals surface area (Å²) < 4.78 is 22.7. The number of nitrogens with one attached hydrogen (secondary N) is 2. The highest BCUT2D eigenvalue weighted by molar-refractivity contribution is 6.06. The van der Waals surface area contributed by atoms with Gasteiger partial charge >= 0.3 is 0 Å². The molecule has 182 valence electrons. The van der Waals surface area contributed by atoms with E-state index < -0.39 is 0 Å². The lowest BCUT2D eigenvalue weighted by Gasteiger charge is -2.17. The normalized spacial score (nSPS) is 10.7. The number of H-pyrrole nitrogens is 1. The first-order valence-electron chi connectivity index (χ1n) is 11.6. The molecule has 8 heteroatoms. The van der Waals surface area contributed by atoms with Gasteiger partial charge in [0.1, 0.15) is 11.6 Å². The van der Waals surface area contributed by atoms with Crippen LogP contribution >= 0.6 is 0 Å². The summed E-state index contributed by atoms with van der Waals surface area (Å²) in [6.45, 7) is 6.91. The fraction of sp³-hybridized carbons (Fsp3) is 0.259. The Labute approximate surface area is 204 Å². The van der Waals surface area contributed by atoms with E-state index in [0.717, 1.165) is 16.6 Å². The molecule has 0 fully saturated rings. The van der Waals surface area contributed by atoms with E-state index >= 15 is 0 Å². The minimum absolute atomic E-state index is 0.338. The summed E-state index contributed by atoms with van der Waals surface area (Å²) in [6.07, 6.45) is 0. The van der Waals surface area contributed by atoms with Gasteiger partial charge in [-0.15, -0.1) is 0 Å². The van der Waals surface area contributed by atoms with Gasteiger partial charge < -0.3 is 29.2 Å². The van der Waals surface area contributed by atoms with Gasteiger partial charge in [0.25, 0.3) is 5.91 Å². The average molecular weight is 476 g/mol. The number of aromatic nitrogens is 2. The molecule has 0 spiro atoms. The number of fused-ring (bicyclic) bond motifs is 1. The van der Waals surface area contributed by atoms with Gasteiger partial charge in [0.15, 0.2) is 11.5 Å². The van der Waals surface area contributed by atoms with Crippen LogP contribution in [0.5, 0.6) is 23.0 Å². The van der Waals surface area contributed by atoms with E-state index in [-0.39, 0.29) is 5.91 Å². The van der Waals surface area contributed by atoms with Crippen LogP contribution in [-0.2, 0) is 0 Å². The number of ether oxygens (including phenoxy) is 4. The van der Waals surface area contributed by atoms with Gasteiger partial charge in [0.2, 0.25) is 5.75 Å². The van der Waals surface area contributed by atoms with Gasteiger partial charge in [-0.25, -0.2) is 4.98 Å². The molecule has 3 aromatic carbocycles. The third kappa shape index (κ3) is 5.16. The number of rotatable bonds is 10. The summed E-state index contributed by atoms with van der Waals surface area (Å²) in [4.78, 5) is 21.3. The van der Waals surface area contributed by atoms with Crippen molar-refractivity contribution >= 4 is 22.6 Å². The van der Waals surface area contributed by atoms with Crippen LogP contribution in [0.3, 0.4) is 0 Å². The largest absolute Gasteiger partial charge is 0.495 e. The molecule has 0 radical (unpaired) electrons. The molecule has 0 atom stereocenters. The molecule has 1 amide bonds. The molecule has 2 N–H and O–H groups in total. The second-order valence-corrected chi connectivity index (χ2v) is 7.57. The molecule has 0 aliphatic heterocycles. The number of nitrogens with zero attached hydrogens (tertiary/aromatic N) is 1. The van der Waals surface area contributed by atoms with Gasteiger partial charge in [-0.3, -0.25) is 4.79 Å². The zero-order chi connectivity index (χ0) is 24.8. The lowest BCUT2D eigenvalue weighted by Crippen LogP contribution is -2.14. The maximum Gasteiger partial charge on any atom is 0.256 e. The summed E-state index contributed by atoms with van der Waals surface area (Å²) in [5, 5.41) is 2.95. The minimum Gasteiger partial charge on any atom is -0.495 e. The molecule has 4 aromatic rings. The predicted molar refractivity (Wildman–Crippen MR) is 136 cm³/mol. The fourth-order valence-electron chi connectivity index (χ4n) is 3.76. The Morgan fingerprint density at radius 2 is 1.57 bits per heavy atom. The number of hydrogen-bond acceptors (Lipinski definition) is 6. The Bertz CT molecular complexity index is 1270. The Hall–Kier alpha value is -4.20. The number of carbonyl (C=O) groups excluding carboxylic acids is 1. The number of para-hydroxylation sites is 2. The smallest absolute Gasteiger partial charge is 0.256 e. The van der Waals surface area contributed by atoms with Crippen LogP contribution in [0.15, 0.2) is 54.6 Å². The molecular formula is C27H29N3O5. The molecule has 0 aliphatic carbocycles. The first-order chi connectivity index (χ1) is 17.1. The molecule has 35 heavy (non-hydrogen) atoms. The van der Waals surface area contributed by atoms with Crippen molar-refractivity contribution in [3.63, 3.8) is 0 Å². The molecule has 4 rings (SSSR count). The molecule has 1 heterocycles. The molecule has 0 saturated heterocycles. The third-order valence-corrected chi connectivity index (χ3v) is 5.28. The third-order valence-electron chi connectivity index (χ3n) is 5.28. The van der Waals surface area contributed by atoms with Crippen molar-refractivity contribution in [3.8, 4) is 34.4 Å². The van der Waals surface area contributed by atoms with Crippen molar-refractivity contribution in [2.24, 2.45) is 0 Å². The Morgan fingerprint density at radius 3 is 2.20 bits per heavy atom. The Balaban J connectivity index is 1.69. The molecular weight excluding hydrogens is 446 g/mol. The number of amides is 1. The number of aromatic amines is 1. The molecule has 8 nitrogen and oxygen atoms in total. The Morgan fingerprint density at radius 1 is 0.886 bits per heavy atom. The number of hydrogen-bond donors (Lipinski definition) is 2. The van der Waals surface area contributed by atoms with Gasteiger partial charge in [0, 0.05) is 11.1 Å². The van der Waals surface area contributed by atoms with Crippen LogP contribution in [0.25, 0.3) is 22.4 Å². The van der Waals surface area contributed by atoms with Gasteiger partial charge in [-0.1, -0.05) is 12.1 Å². The zero-order valence-electron chi connectivity index (χ0n) is 20.3. The number of benzene rings is 3. The average Bonchev–Trinajstić information content (AvgIpc) is 3.30. The maximum atomic E-state index is 13.3. The number of imidazole rings is 1. The second-order valence-electron chi connectivity index (χ2n) is 7.57. The highest BCUT2D eigenvalue weighted by Gasteiger charge is 2.20. The summed E-state index contributed by atoms with van der Waals surface area (Å²) in [7, 11) is 1.56. The lowest BCUT2D eigenvalue weighted by atomic mass is 10.1. The number of methoxy groups -OCH3 is 1. The van der Waals surface area contributed by atoms with Gasteiger partial charge in [0.05, 0.1) is 43.7 Å². The Kier molecular flexibility index (Phi) is 7.40. The van der Waals surface area contributed by atoms with E-state index in [0.29, 0.717) is 59.9 Å². The maximum absolute atomic E-state index is 13.3. The quantitative estimate of drug-likeness (QED) is 0.306. The van der Waals surface area contributed by atoms with Crippen LogP contribution < -0.4 is 24.3 Å². The van der Waals surface area contributed by atoms with E-state index in [4.69, 9.17) is 18.9 Å². The number of carbonyl (C=O) groups is 1. The van der Waals surface area contributed by atoms with Crippen LogP contribution in [0.4, 0.5) is 5.69 Å². The summed E-state index contributed by atoms with van der Waals surface area (Å²) in [5.41, 5.74) is 3.50. The summed E-state index contributed by atoms with van der Waals surface area (Å²) in [6, 6.07) is 16.6. The highest BCUT2D eigenvalue weighted by Crippen LogP contribution is 2.39. The summed E-state index contributed by atoms with van der Waals surface area (Å²) in [5.74, 6) is 2.27. The number of anilines is 1. The summed E-state index contributed by atoms with van der Waals surface area (Å²) >= 11 is 0. The van der Waals surface area contributed by atoms with Crippen molar-refractivity contribution in [1.29, 1.82) is 0 Å². The topological polar surface area (TPSA) is 94.7 Å². The van der Waals surface area contributed by atoms with E-state index in [1.807, 2.05) is 57.2 Å². The van der Waals surface area contributed by atoms with Crippen LogP contribution in [0.1, 0.15) is 31.1 Å². The standard InChI is InChI=1S/C27H29N3O5/c1-5-33-23-15-18(16-24(34-6-2)25(23)35-7-3)27(31)30-21-14-17(12-13-22(21)32-4)26-28-19-10-8-9-11-20(19)29-26/h8-16H,5-7H2,1-4H3,(H,28,29)(H,30,31). The van der Waals surface area contributed by atoms with E-state index in [1.54, 1.807) is 25.3 Å². The zero-order valence-corrected chi connectivity index (χ0v) is 20.3. The van der Waals surface area contributed by atoms with Gasteiger partial charge in [-0.2, -0.15) is 0 Å². The van der Waals surface area contributed by atoms with Crippen LogP contribution in [0, 0.1) is 0 Å². The SMILES string of the molecule is CCOc1cc(C(=O)Nc2cc(-c3nc4ccccc4[nH]3)ccc2OC)cc(OCC)c1OCC. The fourth-order valence-corrected chi connectivity index (χ4v) is 3.76. The van der Waals surface area contributed by atoms with Crippen molar-refractivity contribution in [2.45, 2.75) is 20.8 Å². The molecule has 1 aromatic heterocycles. The van der Waals surface area contributed by atoms with Crippen LogP contribution in [-0.4, -0.2) is 42.8 Å². The van der Waals surface area contributed by atoms with Crippen molar-refractivity contribution in [1.82, 2.24) is 9.97 Å². The van der Waals surface area contributed by atoms with Crippen molar-refractivity contribution < 1.29 is 23.7 Å². The van der Waals surface area contributed by atoms with Crippen LogP contribution in [0.2, 0.25) is 0 Å². The van der Waals surface area contributed by atoms with Crippen molar-refractivity contribution in [3.05, 3.63) is 60.2 Å². The lowest BCUT2D eigenvalue weighted by molar-refractivity contribution is 0.102. The van der Waals surface area contributed by atoms with Crippen molar-refractivity contribution in [2.75, 3.05) is 32.2 Å². The van der Waals surface area contributed by atoms with Gasteiger partial charge in [-0.05, 0) is 63.2 Å². The second kappa shape index (κ2) is 10.8. The first-order valence-corrected chi connectivity index (χ1v) is 11.6. The first kappa shape index (κ1) is 23.9. The highest BCUT2D eigenvalue weighted by atomic mass is 16.5. The molecule has 0 aliphatic rings. The van der Waals surface area contributed by atoms with E-state index in [9.17, 15) is 4.79 Å². The van der Waals surface area contributed by atoms with E-state index in [1.165, 1.54) is 0 Å². The molecule has 0 bridgehead atoms. The monoisotopic (exact) mass is 475 g/mol. The molecule has 0 saturated carbocycles. The van der Waals surface area contributed by atoms with E-state index in [2.05, 4.69) is 15.3 Å². The molecule has 0 unspecified atom stereocenters. The minimum atomic E-state index is -0.338.